The van der Waals surface area contributed by atoms with E-state index in [2.05, 4.69) is 16.2 Å². The van der Waals surface area contributed by atoms with E-state index in [1.807, 2.05) is 12.1 Å². The maximum absolute atomic E-state index is 12.2. The van der Waals surface area contributed by atoms with Gasteiger partial charge in [0.25, 0.3) is 5.91 Å². The topological polar surface area (TPSA) is 97.9 Å². The van der Waals surface area contributed by atoms with Crippen molar-refractivity contribution >= 4 is 35.2 Å². The monoisotopic (exact) mass is 415 g/mol. The predicted molar refractivity (Wildman–Crippen MR) is 113 cm³/mol. The summed E-state index contributed by atoms with van der Waals surface area (Å²) in [4.78, 5) is 24.1. The molecule has 0 aliphatic carbocycles. The van der Waals surface area contributed by atoms with Crippen molar-refractivity contribution in [1.29, 1.82) is 0 Å². The third-order valence-corrected chi connectivity index (χ3v) is 3.92. The van der Waals surface area contributed by atoms with Gasteiger partial charge in [-0.25, -0.2) is 0 Å². The Morgan fingerprint density at radius 3 is 2.21 bits per heavy atom. The number of rotatable bonds is 6. The second-order valence-electron chi connectivity index (χ2n) is 5.57. The number of hydrogen-bond acceptors (Lipinski definition) is 6. The smallest absolute Gasteiger partial charge is 0.269 e. The van der Waals surface area contributed by atoms with E-state index in [0.29, 0.717) is 17.1 Å². The van der Waals surface area contributed by atoms with Crippen molar-refractivity contribution in [3.05, 3.63) is 59.7 Å². The summed E-state index contributed by atoms with van der Waals surface area (Å²) in [7, 11) is 4.56. The molecule has 2 amide bonds. The molecule has 0 atom stereocenters. The molecule has 9 heteroatoms. The standard InChI is InChI=1S/C20H21N3O5S/c1-26-15-8-4-13(5-9-15)6-11-18(24)21-20(29)23-22-19(25)14-7-10-16(27-2)17(12-14)28-3/h4-12H,1-3H3,(H,22,25)(H2,21,23,24,29). The Bertz CT molecular complexity index is 913. The molecule has 8 nitrogen and oxygen atoms in total. The van der Waals surface area contributed by atoms with E-state index in [-0.39, 0.29) is 5.11 Å². The van der Waals surface area contributed by atoms with Gasteiger partial charge in [0.2, 0.25) is 5.91 Å². The van der Waals surface area contributed by atoms with Gasteiger partial charge in [0.15, 0.2) is 16.6 Å². The van der Waals surface area contributed by atoms with Crippen molar-refractivity contribution in [3.63, 3.8) is 0 Å². The molecule has 0 aliphatic rings. The van der Waals surface area contributed by atoms with Gasteiger partial charge in [-0.2, -0.15) is 0 Å². The van der Waals surface area contributed by atoms with Gasteiger partial charge in [-0.15, -0.1) is 0 Å². The second kappa shape index (κ2) is 10.7. The van der Waals surface area contributed by atoms with Crippen LogP contribution >= 0.6 is 12.2 Å². The van der Waals surface area contributed by atoms with Crippen molar-refractivity contribution < 1.29 is 23.8 Å². The summed E-state index contributed by atoms with van der Waals surface area (Å²) in [6.45, 7) is 0. The van der Waals surface area contributed by atoms with Crippen LogP contribution in [0, 0.1) is 0 Å². The van der Waals surface area contributed by atoms with E-state index in [0.717, 1.165) is 11.3 Å². The number of nitrogens with one attached hydrogen (secondary N) is 3. The summed E-state index contributed by atoms with van der Waals surface area (Å²) in [5, 5.41) is 2.38. The molecular weight excluding hydrogens is 394 g/mol. The second-order valence-corrected chi connectivity index (χ2v) is 5.98. The lowest BCUT2D eigenvalue weighted by atomic mass is 10.2. The molecule has 0 saturated carbocycles. The number of carbonyl (C=O) groups is 2. The SMILES string of the molecule is COc1ccc(C=CC(=O)NC(=S)NNC(=O)c2ccc(OC)c(OC)c2)cc1. The van der Waals surface area contributed by atoms with E-state index in [1.54, 1.807) is 37.5 Å². The zero-order chi connectivity index (χ0) is 21.2. The maximum atomic E-state index is 12.2. The van der Waals surface area contributed by atoms with Gasteiger partial charge >= 0.3 is 0 Å². The molecule has 0 saturated heterocycles. The minimum absolute atomic E-state index is 0.0526. The Kier molecular flexibility index (Phi) is 7.99. The number of amides is 2. The van der Waals surface area contributed by atoms with Gasteiger partial charge in [0, 0.05) is 11.6 Å². The van der Waals surface area contributed by atoms with Crippen molar-refractivity contribution in [3.8, 4) is 17.2 Å². The molecule has 0 heterocycles. The van der Waals surface area contributed by atoms with E-state index in [1.165, 1.54) is 26.4 Å². The van der Waals surface area contributed by atoms with Crippen LogP contribution in [0.25, 0.3) is 6.08 Å². The minimum atomic E-state index is -0.462. The molecule has 3 N–H and O–H groups in total. The van der Waals surface area contributed by atoms with E-state index in [9.17, 15) is 9.59 Å². The lowest BCUT2D eigenvalue weighted by molar-refractivity contribution is -0.115. The van der Waals surface area contributed by atoms with Crippen LogP contribution in [0.3, 0.4) is 0 Å². The lowest BCUT2D eigenvalue weighted by Crippen LogP contribution is -2.48. The van der Waals surface area contributed by atoms with E-state index < -0.39 is 11.8 Å². The zero-order valence-electron chi connectivity index (χ0n) is 16.1. The molecule has 152 valence electrons. The average molecular weight is 415 g/mol. The molecule has 2 rings (SSSR count). The number of thiocarbonyl (C=S) groups is 1. The Balaban J connectivity index is 1.84. The molecule has 0 aliphatic heterocycles. The van der Waals surface area contributed by atoms with Crippen molar-refractivity contribution in [2.24, 2.45) is 0 Å². The summed E-state index contributed by atoms with van der Waals surface area (Å²) in [6, 6.07) is 11.9. The van der Waals surface area contributed by atoms with Crippen LogP contribution in [0.5, 0.6) is 17.2 Å². The Labute approximate surface area is 173 Å². The van der Waals surface area contributed by atoms with Crippen LogP contribution in [0.1, 0.15) is 15.9 Å². The number of ether oxygens (including phenoxy) is 3. The van der Waals surface area contributed by atoms with Gasteiger partial charge < -0.3 is 14.2 Å². The normalized spacial score (nSPS) is 10.2. The number of methoxy groups -OCH3 is 3. The van der Waals surface area contributed by atoms with Crippen LogP contribution < -0.4 is 30.4 Å². The molecule has 29 heavy (non-hydrogen) atoms. The average Bonchev–Trinajstić information content (AvgIpc) is 2.75. The lowest BCUT2D eigenvalue weighted by Gasteiger charge is -2.11. The molecule has 2 aromatic carbocycles. The van der Waals surface area contributed by atoms with Gasteiger partial charge in [0.05, 0.1) is 21.3 Å². The fraction of sp³-hybridized carbons (Fsp3) is 0.150. The quantitative estimate of drug-likeness (QED) is 0.377. The van der Waals surface area contributed by atoms with E-state index >= 15 is 0 Å². The first-order valence-electron chi connectivity index (χ1n) is 8.42. The van der Waals surface area contributed by atoms with Crippen LogP contribution in [0.4, 0.5) is 0 Å². The fourth-order valence-electron chi connectivity index (χ4n) is 2.23. The first-order valence-corrected chi connectivity index (χ1v) is 8.83. The van der Waals surface area contributed by atoms with Gasteiger partial charge in [-0.05, 0) is 54.2 Å². The van der Waals surface area contributed by atoms with Gasteiger partial charge in [-0.3, -0.25) is 25.8 Å². The summed E-state index contributed by atoms with van der Waals surface area (Å²) in [6.07, 6.45) is 2.95. The van der Waals surface area contributed by atoms with Crippen LogP contribution in [0.2, 0.25) is 0 Å². The Hall–Kier alpha value is -3.59. The largest absolute Gasteiger partial charge is 0.497 e. The molecular formula is C20H21N3O5S. The van der Waals surface area contributed by atoms with Crippen molar-refractivity contribution in [2.75, 3.05) is 21.3 Å². The Morgan fingerprint density at radius 1 is 0.897 bits per heavy atom. The zero-order valence-corrected chi connectivity index (χ0v) is 17.0. The van der Waals surface area contributed by atoms with E-state index in [4.69, 9.17) is 26.4 Å². The molecule has 0 fully saturated rings. The molecule has 0 unspecified atom stereocenters. The van der Waals surface area contributed by atoms with Gasteiger partial charge in [-0.1, -0.05) is 12.1 Å². The van der Waals surface area contributed by atoms with Crippen molar-refractivity contribution in [2.45, 2.75) is 0 Å². The van der Waals surface area contributed by atoms with Crippen LogP contribution in [0.15, 0.2) is 48.5 Å². The highest BCUT2D eigenvalue weighted by molar-refractivity contribution is 7.80. The minimum Gasteiger partial charge on any atom is -0.497 e. The first kappa shape index (κ1) is 21.7. The highest BCUT2D eigenvalue weighted by Gasteiger charge is 2.11. The number of hydrazine groups is 1. The molecule has 0 aromatic heterocycles. The summed E-state index contributed by atoms with van der Waals surface area (Å²) in [5.41, 5.74) is 6.01. The number of hydrogen-bond donors (Lipinski definition) is 3. The fourth-order valence-corrected chi connectivity index (χ4v) is 2.39. The molecule has 0 bridgehead atoms. The molecule has 2 aromatic rings. The third-order valence-electron chi connectivity index (χ3n) is 3.71. The van der Waals surface area contributed by atoms with Gasteiger partial charge in [0.1, 0.15) is 5.75 Å². The summed E-state index contributed by atoms with van der Waals surface area (Å²) in [5.74, 6) is 0.736. The summed E-state index contributed by atoms with van der Waals surface area (Å²) >= 11 is 5.00. The first-order chi connectivity index (χ1) is 14.0. The number of benzene rings is 2. The summed E-state index contributed by atoms with van der Waals surface area (Å²) < 4.78 is 15.4. The van der Waals surface area contributed by atoms with Crippen LogP contribution in [-0.4, -0.2) is 38.3 Å². The highest BCUT2D eigenvalue weighted by atomic mass is 32.1. The highest BCUT2D eigenvalue weighted by Crippen LogP contribution is 2.27. The molecule has 0 spiro atoms. The number of carbonyl (C=O) groups excluding carboxylic acids is 2. The Morgan fingerprint density at radius 2 is 1.59 bits per heavy atom. The van der Waals surface area contributed by atoms with Crippen LogP contribution in [-0.2, 0) is 4.79 Å². The predicted octanol–water partition coefficient (Wildman–Crippen LogP) is 2.06. The van der Waals surface area contributed by atoms with Crippen molar-refractivity contribution in [1.82, 2.24) is 16.2 Å². The third kappa shape index (κ3) is 6.51. The molecule has 0 radical (unpaired) electrons. The maximum Gasteiger partial charge on any atom is 0.269 e.